The summed E-state index contributed by atoms with van der Waals surface area (Å²) in [6, 6.07) is -0.918. The predicted molar refractivity (Wildman–Crippen MR) is 57.7 cm³/mol. The first kappa shape index (κ1) is 15.1. The Morgan fingerprint density at radius 1 is 1.47 bits per heavy atom. The fourth-order valence-electron chi connectivity index (χ4n) is 1.67. The zero-order valence-electron chi connectivity index (χ0n) is 9.11. The van der Waals surface area contributed by atoms with Crippen molar-refractivity contribution in [3.8, 4) is 0 Å². The third-order valence-electron chi connectivity index (χ3n) is 2.47. The molecule has 0 amide bonds. The first-order valence-electron chi connectivity index (χ1n) is 5.16. The smallest absolute Gasteiger partial charge is 0.325 e. The maximum Gasteiger partial charge on any atom is 0.325 e. The van der Waals surface area contributed by atoms with Crippen LogP contribution in [0.25, 0.3) is 0 Å². The zero-order chi connectivity index (χ0) is 13.1. The van der Waals surface area contributed by atoms with Crippen LogP contribution in [-0.4, -0.2) is 66.5 Å². The normalized spacial score (nSPS) is 34.1. The van der Waals surface area contributed by atoms with E-state index in [4.69, 9.17) is 27.1 Å². The van der Waals surface area contributed by atoms with E-state index in [9.17, 15) is 14.1 Å². The van der Waals surface area contributed by atoms with Crippen LogP contribution in [0.15, 0.2) is 0 Å². The molecule has 0 saturated carbocycles. The summed E-state index contributed by atoms with van der Waals surface area (Å²) in [6.07, 6.45) is -3.22. The minimum atomic E-state index is -4.14. The number of alkyl halides is 1. The standard InChI is InChI=1S/C8H15BFO6P/c9-8-7(15-3-2-10)6(11)5(16-8)1-4-17(12,13)14/h5-8,11H,1-4H2,(H2,12,13,14)/t5-,6-,7-,8-/m1/s1. The molecular formula is C8H15BFO6P. The number of rotatable bonds is 6. The molecule has 17 heavy (non-hydrogen) atoms. The van der Waals surface area contributed by atoms with E-state index in [2.05, 4.69) is 0 Å². The molecule has 0 aromatic carbocycles. The monoisotopic (exact) mass is 268 g/mol. The molecule has 0 bridgehead atoms. The van der Waals surface area contributed by atoms with Gasteiger partial charge in [-0.2, -0.15) is 0 Å². The summed E-state index contributed by atoms with van der Waals surface area (Å²) in [6.45, 7) is -0.910. The van der Waals surface area contributed by atoms with Crippen LogP contribution in [0.5, 0.6) is 0 Å². The summed E-state index contributed by atoms with van der Waals surface area (Å²) in [4.78, 5) is 17.4. The second-order valence-electron chi connectivity index (χ2n) is 3.83. The van der Waals surface area contributed by atoms with Crippen molar-refractivity contribution >= 4 is 15.4 Å². The highest BCUT2D eigenvalue weighted by Crippen LogP contribution is 2.37. The Balaban J connectivity index is 2.46. The van der Waals surface area contributed by atoms with Gasteiger partial charge in [0.1, 0.15) is 26.7 Å². The fourth-order valence-corrected chi connectivity index (χ4v) is 2.26. The minimum Gasteiger partial charge on any atom is -0.388 e. The summed E-state index contributed by atoms with van der Waals surface area (Å²) >= 11 is 0. The quantitative estimate of drug-likeness (QED) is 0.429. The molecule has 6 nitrogen and oxygen atoms in total. The lowest BCUT2D eigenvalue weighted by Crippen LogP contribution is -2.36. The van der Waals surface area contributed by atoms with E-state index in [-0.39, 0.29) is 13.0 Å². The van der Waals surface area contributed by atoms with Crippen molar-refractivity contribution in [1.29, 1.82) is 0 Å². The number of aliphatic hydroxyl groups is 1. The first-order chi connectivity index (χ1) is 7.85. The molecule has 1 aliphatic rings. The van der Waals surface area contributed by atoms with Gasteiger partial charge < -0.3 is 24.4 Å². The number of halogens is 1. The summed E-state index contributed by atoms with van der Waals surface area (Å²) < 4.78 is 32.7. The molecule has 1 saturated heterocycles. The fraction of sp³-hybridized carbons (Fsp3) is 1.00. The van der Waals surface area contributed by atoms with Crippen LogP contribution in [0, 0.1) is 0 Å². The van der Waals surface area contributed by atoms with E-state index >= 15 is 0 Å². The number of ether oxygens (including phenoxy) is 2. The zero-order valence-corrected chi connectivity index (χ0v) is 10.0. The van der Waals surface area contributed by atoms with E-state index < -0.39 is 44.7 Å². The van der Waals surface area contributed by atoms with Crippen LogP contribution >= 0.6 is 7.60 Å². The number of hydrogen-bond acceptors (Lipinski definition) is 4. The van der Waals surface area contributed by atoms with Gasteiger partial charge in [0, 0.05) is 6.00 Å². The lowest BCUT2D eigenvalue weighted by Gasteiger charge is -2.18. The second-order valence-corrected chi connectivity index (χ2v) is 5.61. The van der Waals surface area contributed by atoms with Gasteiger partial charge >= 0.3 is 7.60 Å². The van der Waals surface area contributed by atoms with Gasteiger partial charge in [-0.1, -0.05) is 0 Å². The maximum atomic E-state index is 11.9. The highest BCUT2D eigenvalue weighted by molar-refractivity contribution is 7.51. The molecule has 0 unspecified atom stereocenters. The van der Waals surface area contributed by atoms with Gasteiger partial charge in [0.25, 0.3) is 0 Å². The minimum absolute atomic E-state index is 0.0331. The van der Waals surface area contributed by atoms with E-state index in [0.29, 0.717) is 0 Å². The molecule has 0 spiro atoms. The van der Waals surface area contributed by atoms with E-state index in [1.54, 1.807) is 0 Å². The van der Waals surface area contributed by atoms with Crippen LogP contribution in [0.4, 0.5) is 4.39 Å². The van der Waals surface area contributed by atoms with Crippen LogP contribution in [0.3, 0.4) is 0 Å². The van der Waals surface area contributed by atoms with Crippen molar-refractivity contribution in [1.82, 2.24) is 0 Å². The summed E-state index contributed by atoms with van der Waals surface area (Å²) in [7, 11) is 1.38. The Hall–Kier alpha value is 0.0249. The Bertz CT molecular complexity index is 287. The molecule has 0 aromatic heterocycles. The third-order valence-corrected chi connectivity index (χ3v) is 3.31. The lowest BCUT2D eigenvalue weighted by molar-refractivity contribution is -0.0259. The van der Waals surface area contributed by atoms with Crippen LogP contribution in [0.2, 0.25) is 0 Å². The molecule has 1 fully saturated rings. The molecule has 1 heterocycles. The van der Waals surface area contributed by atoms with Crippen molar-refractivity contribution in [2.75, 3.05) is 19.4 Å². The predicted octanol–water partition coefficient (Wildman–Crippen LogP) is -0.837. The van der Waals surface area contributed by atoms with Gasteiger partial charge in [0.2, 0.25) is 0 Å². The SMILES string of the molecule is [B][C@@H]1O[C@H](CCP(=O)(O)O)[C@@H](O)[C@H]1OCCF. The topological polar surface area (TPSA) is 96.2 Å². The Morgan fingerprint density at radius 3 is 2.65 bits per heavy atom. The Kier molecular flexibility index (Phi) is 5.56. The van der Waals surface area contributed by atoms with Crippen LogP contribution in [-0.2, 0) is 14.0 Å². The molecule has 0 aliphatic carbocycles. The summed E-state index contributed by atoms with van der Waals surface area (Å²) in [5.74, 6) is 0. The van der Waals surface area contributed by atoms with Crippen LogP contribution < -0.4 is 0 Å². The molecule has 98 valence electrons. The van der Waals surface area contributed by atoms with Gasteiger partial charge in [-0.15, -0.1) is 0 Å². The van der Waals surface area contributed by atoms with Crippen LogP contribution in [0.1, 0.15) is 6.42 Å². The first-order valence-corrected chi connectivity index (χ1v) is 6.96. The molecule has 0 aromatic rings. The second kappa shape index (κ2) is 6.27. The molecule has 3 N–H and O–H groups in total. The van der Waals surface area contributed by atoms with Gasteiger partial charge in [-0.25, -0.2) is 4.39 Å². The van der Waals surface area contributed by atoms with Crippen molar-refractivity contribution in [2.24, 2.45) is 0 Å². The maximum absolute atomic E-state index is 11.9. The van der Waals surface area contributed by atoms with Crippen molar-refractivity contribution in [2.45, 2.75) is 30.7 Å². The van der Waals surface area contributed by atoms with Crippen molar-refractivity contribution in [3.63, 3.8) is 0 Å². The number of aliphatic hydroxyl groups excluding tert-OH is 1. The van der Waals surface area contributed by atoms with E-state index in [0.717, 1.165) is 0 Å². The van der Waals surface area contributed by atoms with Gasteiger partial charge in [0.15, 0.2) is 0 Å². The largest absolute Gasteiger partial charge is 0.388 e. The Labute approximate surface area is 99.7 Å². The summed E-state index contributed by atoms with van der Waals surface area (Å²) in [5, 5.41) is 9.74. The Morgan fingerprint density at radius 2 is 2.12 bits per heavy atom. The molecule has 2 radical (unpaired) electrons. The van der Waals surface area contributed by atoms with E-state index in [1.165, 1.54) is 0 Å². The highest BCUT2D eigenvalue weighted by Gasteiger charge is 2.41. The van der Waals surface area contributed by atoms with Crippen molar-refractivity contribution in [3.05, 3.63) is 0 Å². The molecule has 9 heteroatoms. The summed E-state index contributed by atoms with van der Waals surface area (Å²) in [5.41, 5.74) is 0. The average Bonchev–Trinajstić information content (AvgIpc) is 2.48. The van der Waals surface area contributed by atoms with Gasteiger partial charge in [-0.3, -0.25) is 4.57 Å². The molecule has 4 atom stereocenters. The van der Waals surface area contributed by atoms with Crippen molar-refractivity contribution < 1.29 is 33.3 Å². The van der Waals surface area contributed by atoms with Gasteiger partial charge in [-0.05, 0) is 6.42 Å². The van der Waals surface area contributed by atoms with E-state index in [1.807, 2.05) is 0 Å². The molecule has 1 rings (SSSR count). The average molecular weight is 268 g/mol. The highest BCUT2D eigenvalue weighted by atomic mass is 31.2. The molecular weight excluding hydrogens is 253 g/mol. The lowest BCUT2D eigenvalue weighted by atomic mass is 9.92. The van der Waals surface area contributed by atoms with Gasteiger partial charge in [0.05, 0.1) is 18.9 Å². The third kappa shape index (κ3) is 4.65. The molecule has 1 aliphatic heterocycles. The number of hydrogen-bond donors (Lipinski definition) is 3.